The summed E-state index contributed by atoms with van der Waals surface area (Å²) < 4.78 is 6.17. The van der Waals surface area contributed by atoms with Crippen LogP contribution in [0.2, 0.25) is 0 Å². The van der Waals surface area contributed by atoms with Gasteiger partial charge in [-0.2, -0.15) is 0 Å². The molecule has 2 aromatic heterocycles. The molecular formula is C30H25N5O5S3. The van der Waals surface area contributed by atoms with E-state index in [9.17, 15) is 19.2 Å². The lowest BCUT2D eigenvalue weighted by Crippen LogP contribution is -2.70. The molecule has 4 aromatic rings. The van der Waals surface area contributed by atoms with Crippen molar-refractivity contribution in [2.75, 3.05) is 11.1 Å². The first-order chi connectivity index (χ1) is 20.9. The van der Waals surface area contributed by atoms with Crippen LogP contribution < -0.4 is 10.6 Å². The number of thiophene rings is 1. The molecule has 218 valence electrons. The number of esters is 1. The van der Waals surface area contributed by atoms with Crippen LogP contribution in [-0.2, 0) is 30.3 Å². The van der Waals surface area contributed by atoms with Gasteiger partial charge in [0.15, 0.2) is 6.10 Å². The van der Waals surface area contributed by atoms with Gasteiger partial charge in [0.1, 0.15) is 22.1 Å². The van der Waals surface area contributed by atoms with Crippen LogP contribution in [0, 0.1) is 0 Å². The maximum atomic E-state index is 14.1. The lowest BCUT2D eigenvalue weighted by molar-refractivity contribution is -0.154. The number of ether oxygens (including phenoxy) is 1. The fraction of sp³-hybridized carbons (Fsp3) is 0.200. The topological polar surface area (TPSA) is 131 Å². The first-order valence-electron chi connectivity index (χ1n) is 13.3. The Morgan fingerprint density at radius 2 is 1.70 bits per heavy atom. The highest BCUT2D eigenvalue weighted by atomic mass is 32.2. The predicted octanol–water partition coefficient (Wildman–Crippen LogP) is 4.24. The third-order valence-corrected chi connectivity index (χ3v) is 9.84. The Labute approximate surface area is 259 Å². The van der Waals surface area contributed by atoms with Gasteiger partial charge in [0, 0.05) is 23.1 Å². The van der Waals surface area contributed by atoms with E-state index >= 15 is 0 Å². The summed E-state index contributed by atoms with van der Waals surface area (Å²) in [6, 6.07) is 21.7. The van der Waals surface area contributed by atoms with Crippen molar-refractivity contribution in [2.45, 2.75) is 30.9 Å². The van der Waals surface area contributed by atoms with Crippen molar-refractivity contribution in [2.24, 2.45) is 0 Å². The molecule has 2 aromatic carbocycles. The van der Waals surface area contributed by atoms with Gasteiger partial charge in [0.2, 0.25) is 16.9 Å². The number of amides is 3. The second-order valence-corrected chi connectivity index (χ2v) is 12.9. The lowest BCUT2D eigenvalue weighted by atomic mass is 10.0. The number of rotatable bonds is 9. The molecule has 43 heavy (non-hydrogen) atoms. The Hall–Kier alpha value is -4.33. The lowest BCUT2D eigenvalue weighted by Gasteiger charge is -2.49. The van der Waals surface area contributed by atoms with Crippen LogP contribution in [0.15, 0.2) is 83.9 Å². The molecule has 2 aliphatic heterocycles. The number of fused-ring (bicyclic) bond motifs is 1. The Balaban J connectivity index is 1.33. The van der Waals surface area contributed by atoms with Crippen LogP contribution >= 0.6 is 34.4 Å². The van der Waals surface area contributed by atoms with E-state index < -0.39 is 29.4 Å². The van der Waals surface area contributed by atoms with E-state index in [1.54, 1.807) is 0 Å². The molecule has 0 radical (unpaired) electrons. The second kappa shape index (κ2) is 12.5. The number of nitrogens with zero attached hydrogens (tertiary/aromatic N) is 3. The fourth-order valence-corrected chi connectivity index (χ4v) is 7.84. The zero-order chi connectivity index (χ0) is 29.9. The summed E-state index contributed by atoms with van der Waals surface area (Å²) in [6.45, 7) is 1.36. The first kappa shape index (κ1) is 28.8. The highest BCUT2D eigenvalue weighted by molar-refractivity contribution is 8.00. The summed E-state index contributed by atoms with van der Waals surface area (Å²) in [6.07, 6.45) is -0.569. The molecule has 13 heteroatoms. The van der Waals surface area contributed by atoms with E-state index in [2.05, 4.69) is 20.8 Å². The number of benzene rings is 2. The van der Waals surface area contributed by atoms with Crippen LogP contribution in [-0.4, -0.2) is 56.0 Å². The van der Waals surface area contributed by atoms with E-state index in [1.807, 2.05) is 78.2 Å². The molecule has 1 unspecified atom stereocenters. The van der Waals surface area contributed by atoms with Gasteiger partial charge in [-0.1, -0.05) is 78.1 Å². The van der Waals surface area contributed by atoms with Crippen molar-refractivity contribution in [1.29, 1.82) is 0 Å². The van der Waals surface area contributed by atoms with Gasteiger partial charge in [-0.3, -0.25) is 19.3 Å². The summed E-state index contributed by atoms with van der Waals surface area (Å²) >= 11 is 3.98. The Morgan fingerprint density at radius 1 is 1.00 bits per heavy atom. The van der Waals surface area contributed by atoms with Crippen LogP contribution in [0.4, 0.5) is 5.13 Å². The van der Waals surface area contributed by atoms with Crippen LogP contribution in [0.5, 0.6) is 0 Å². The molecule has 0 spiro atoms. The molecule has 10 nitrogen and oxygen atoms in total. The molecule has 0 bridgehead atoms. The van der Waals surface area contributed by atoms with Crippen molar-refractivity contribution in [3.63, 3.8) is 0 Å². The molecule has 1 saturated heterocycles. The Bertz CT molecular complexity index is 1650. The molecule has 6 rings (SSSR count). The number of anilines is 1. The van der Waals surface area contributed by atoms with Gasteiger partial charge < -0.3 is 15.4 Å². The summed E-state index contributed by atoms with van der Waals surface area (Å²) in [5.74, 6) is -1.37. The highest BCUT2D eigenvalue weighted by Crippen LogP contribution is 2.45. The summed E-state index contributed by atoms with van der Waals surface area (Å²) in [5, 5.41) is 15.7. The second-order valence-electron chi connectivity index (χ2n) is 9.74. The van der Waals surface area contributed by atoms with Crippen LogP contribution in [0.25, 0.3) is 5.57 Å². The van der Waals surface area contributed by atoms with Crippen LogP contribution in [0.3, 0.4) is 0 Å². The molecule has 4 heterocycles. The number of β-lactam (4-membered cyclic amide) rings is 1. The average Bonchev–Trinajstić information content (AvgIpc) is 3.70. The van der Waals surface area contributed by atoms with Gasteiger partial charge in [0.05, 0.1) is 6.42 Å². The minimum Gasteiger partial charge on any atom is -0.448 e. The van der Waals surface area contributed by atoms with E-state index in [-0.39, 0.29) is 29.1 Å². The predicted molar refractivity (Wildman–Crippen MR) is 165 cm³/mol. The number of nitrogens with one attached hydrogen (secondary N) is 2. The van der Waals surface area contributed by atoms with Gasteiger partial charge in [0.25, 0.3) is 5.91 Å². The largest absolute Gasteiger partial charge is 0.448 e. The number of carbonyl (C=O) groups is 4. The van der Waals surface area contributed by atoms with Crippen molar-refractivity contribution in [3.05, 3.63) is 105 Å². The number of carbonyl (C=O) groups excluding carboxylic acids is 4. The Kier molecular flexibility index (Phi) is 8.36. The number of hydrogen-bond acceptors (Lipinski definition) is 10. The third kappa shape index (κ3) is 6.10. The monoisotopic (exact) mass is 631 g/mol. The molecule has 2 atom stereocenters. The molecule has 2 aliphatic rings. The molecule has 3 amide bonds. The van der Waals surface area contributed by atoms with Crippen molar-refractivity contribution in [3.8, 4) is 0 Å². The molecular weight excluding hydrogens is 607 g/mol. The minimum atomic E-state index is -0.787. The number of hydrogen-bond donors (Lipinski definition) is 2. The number of thioether (sulfide) groups is 1. The van der Waals surface area contributed by atoms with Crippen molar-refractivity contribution >= 4 is 68.8 Å². The zero-order valence-electron chi connectivity index (χ0n) is 22.8. The van der Waals surface area contributed by atoms with E-state index in [1.165, 1.54) is 34.9 Å². The SMILES string of the molecule is CC(=O)Nc1nnc(C2=C(C(=O)OC(c3ccccc3)c3ccccc3)N3C(=O)C(NC(=O)Cc4cccs4)[C@@H]3SC2)s1. The van der Waals surface area contributed by atoms with Crippen molar-refractivity contribution in [1.82, 2.24) is 20.4 Å². The van der Waals surface area contributed by atoms with E-state index in [0.717, 1.165) is 27.3 Å². The smallest absolute Gasteiger partial charge is 0.356 e. The zero-order valence-corrected chi connectivity index (χ0v) is 25.2. The summed E-state index contributed by atoms with van der Waals surface area (Å²) in [4.78, 5) is 54.3. The van der Waals surface area contributed by atoms with E-state index in [0.29, 0.717) is 16.3 Å². The van der Waals surface area contributed by atoms with Crippen LogP contribution in [0.1, 0.15) is 34.0 Å². The van der Waals surface area contributed by atoms with Gasteiger partial charge in [-0.25, -0.2) is 4.79 Å². The molecule has 2 N–H and O–H groups in total. The number of aromatic nitrogens is 2. The summed E-state index contributed by atoms with van der Waals surface area (Å²) in [7, 11) is 0. The highest BCUT2D eigenvalue weighted by Gasteiger charge is 2.55. The third-order valence-electron chi connectivity index (χ3n) is 6.79. The summed E-state index contributed by atoms with van der Waals surface area (Å²) in [5.41, 5.74) is 2.06. The van der Waals surface area contributed by atoms with E-state index in [4.69, 9.17) is 4.74 Å². The fourth-order valence-electron chi connectivity index (χ4n) is 4.86. The first-order valence-corrected chi connectivity index (χ1v) is 16.1. The normalized spacial score (nSPS) is 17.7. The van der Waals surface area contributed by atoms with Gasteiger partial charge >= 0.3 is 5.97 Å². The van der Waals surface area contributed by atoms with Gasteiger partial charge in [-0.05, 0) is 22.6 Å². The molecule has 1 fully saturated rings. The minimum absolute atomic E-state index is 0.0555. The standard InChI is InChI=1S/C30H25N5O5S3/c1-17(36)31-30-34-33-26(43-30)21-16-42-28-23(32-22(37)15-20-13-8-14-41-20)27(38)35(28)24(21)29(39)40-25(18-9-4-2-5-10-18)19-11-6-3-7-12-19/h2-14,23,25,28H,15-16H2,1H3,(H,32,37)(H,31,34,36)/t23?,28-/m0/s1. The molecule has 0 saturated carbocycles. The maximum Gasteiger partial charge on any atom is 0.356 e. The average molecular weight is 632 g/mol. The van der Waals surface area contributed by atoms with Gasteiger partial charge in [-0.15, -0.1) is 33.3 Å². The van der Waals surface area contributed by atoms with Crippen molar-refractivity contribution < 1.29 is 23.9 Å². The quantitative estimate of drug-likeness (QED) is 0.207. The Morgan fingerprint density at radius 3 is 2.33 bits per heavy atom. The molecule has 0 aliphatic carbocycles. The maximum absolute atomic E-state index is 14.1.